The molecule has 0 N–H and O–H groups in total. The first-order chi connectivity index (χ1) is 35.2. The van der Waals surface area contributed by atoms with E-state index < -0.39 is 0 Å². The molecular weight excluding hydrogens is 867 g/mol. The van der Waals surface area contributed by atoms with Crippen molar-refractivity contribution in [3.05, 3.63) is 258 Å². The molecule has 1 heterocycles. The van der Waals surface area contributed by atoms with Crippen molar-refractivity contribution in [2.45, 2.75) is 66.7 Å². The molecule has 72 heavy (non-hydrogen) atoms. The Bertz CT molecular complexity index is 3580. The second kappa shape index (κ2) is 21.2. The number of allylic oxidation sites excluding steroid dienone is 5. The van der Waals surface area contributed by atoms with Gasteiger partial charge in [-0.1, -0.05) is 216 Å². The molecule has 2 aliphatic rings. The van der Waals surface area contributed by atoms with Gasteiger partial charge in [-0.2, -0.15) is 0 Å². The van der Waals surface area contributed by atoms with Crippen LogP contribution in [0.2, 0.25) is 0 Å². The van der Waals surface area contributed by atoms with E-state index >= 15 is 0 Å². The molecule has 0 aromatic heterocycles. The fourth-order valence-electron chi connectivity index (χ4n) is 10.6. The molecule has 9 aromatic rings. The first-order valence-electron chi connectivity index (χ1n) is 25.9. The largest absolute Gasteiger partial charge is 0.310 e. The van der Waals surface area contributed by atoms with Crippen molar-refractivity contribution in [3.63, 3.8) is 0 Å². The van der Waals surface area contributed by atoms with Gasteiger partial charge in [-0.15, -0.1) is 0 Å². The van der Waals surface area contributed by atoms with Gasteiger partial charge in [0.2, 0.25) is 0 Å². The summed E-state index contributed by atoms with van der Waals surface area (Å²) in [5, 5.41) is 5.00. The summed E-state index contributed by atoms with van der Waals surface area (Å²) in [6, 6.07) is 67.0. The Morgan fingerprint density at radius 1 is 0.528 bits per heavy atom. The lowest BCUT2D eigenvalue weighted by Gasteiger charge is -2.30. The molecule has 1 unspecified atom stereocenters. The number of aryl methyl sites for hydroxylation is 2. The summed E-state index contributed by atoms with van der Waals surface area (Å²) in [6.45, 7) is 17.6. The Morgan fingerprint density at radius 3 is 1.88 bits per heavy atom. The number of anilines is 2. The van der Waals surface area contributed by atoms with Crippen molar-refractivity contribution in [2.24, 2.45) is 5.92 Å². The molecule has 0 fully saturated rings. The average molecular weight is 932 g/mol. The maximum Gasteiger partial charge on any atom is 0.0534 e. The van der Waals surface area contributed by atoms with Crippen LogP contribution in [0.15, 0.2) is 224 Å². The van der Waals surface area contributed by atoms with Crippen LogP contribution in [-0.2, 0) is 0 Å². The predicted octanol–water partition coefficient (Wildman–Crippen LogP) is 20.6. The summed E-state index contributed by atoms with van der Waals surface area (Å²) in [5.41, 5.74) is 22.5. The number of nitrogens with zero attached hydrogens (tertiary/aromatic N) is 1. The van der Waals surface area contributed by atoms with Gasteiger partial charge < -0.3 is 4.90 Å². The molecule has 0 spiro atoms. The van der Waals surface area contributed by atoms with Gasteiger partial charge in [0.1, 0.15) is 0 Å². The fourth-order valence-corrected chi connectivity index (χ4v) is 10.6. The van der Waals surface area contributed by atoms with Crippen molar-refractivity contribution in [2.75, 3.05) is 4.90 Å². The smallest absolute Gasteiger partial charge is 0.0534 e. The Balaban J connectivity index is 0.000000535. The van der Waals surface area contributed by atoms with E-state index in [-0.39, 0.29) is 0 Å². The minimum absolute atomic E-state index is 0.465. The van der Waals surface area contributed by atoms with Crippen LogP contribution < -0.4 is 4.90 Å². The van der Waals surface area contributed by atoms with E-state index in [1.54, 1.807) is 0 Å². The zero-order valence-electron chi connectivity index (χ0n) is 42.8. The highest BCUT2D eigenvalue weighted by Crippen LogP contribution is 2.44. The first kappa shape index (κ1) is 47.7. The normalized spacial score (nSPS) is 13.5. The van der Waals surface area contributed by atoms with E-state index in [4.69, 9.17) is 0 Å². The van der Waals surface area contributed by atoms with Gasteiger partial charge in [-0.25, -0.2) is 0 Å². The summed E-state index contributed by atoms with van der Waals surface area (Å²) in [4.78, 5) is 2.46. The van der Waals surface area contributed by atoms with Crippen molar-refractivity contribution in [3.8, 4) is 44.5 Å². The van der Waals surface area contributed by atoms with Gasteiger partial charge in [0.05, 0.1) is 5.69 Å². The van der Waals surface area contributed by atoms with Crippen LogP contribution in [0.5, 0.6) is 0 Å². The molecule has 0 saturated heterocycles. The average Bonchev–Trinajstić information content (AvgIpc) is 3.59. The quantitative estimate of drug-likeness (QED) is 0.124. The van der Waals surface area contributed by atoms with Gasteiger partial charge in [0.15, 0.2) is 0 Å². The van der Waals surface area contributed by atoms with E-state index in [0.29, 0.717) is 11.8 Å². The van der Waals surface area contributed by atoms with Crippen LogP contribution in [0.3, 0.4) is 0 Å². The molecule has 1 atom stereocenters. The molecular formula is C71H65N. The van der Waals surface area contributed by atoms with Crippen LogP contribution >= 0.6 is 0 Å². The van der Waals surface area contributed by atoms with Gasteiger partial charge in [-0.05, 0) is 192 Å². The third-order valence-electron chi connectivity index (χ3n) is 14.8. The molecule has 11 rings (SSSR count). The van der Waals surface area contributed by atoms with E-state index in [9.17, 15) is 0 Å². The van der Waals surface area contributed by atoms with E-state index in [0.717, 1.165) is 18.5 Å². The standard InChI is InChI=1S/C61H51N.C10H14/c1-6-50-56(34-23-40(2)3)53-19-11-13-21-55(53)59-39-46(30-35-57(50)59)43-28-32-49(33-29-43)62-60-22-14-8-16-44(60)26-27-48-37-45(31-36-61(48)62)47-25-24-42(5)58(38-47)54-20-12-10-18-52(54)51-17-9-7-15-41(51)4;1-3-9(2)10-7-5-4-6-8-10/h6-7,9-15,17-40H,1,8,16H2,2-5H3;4-9H,3H2,1-2H3/b34-23-;. The van der Waals surface area contributed by atoms with Crippen molar-refractivity contribution >= 4 is 51.1 Å². The monoisotopic (exact) mass is 932 g/mol. The minimum atomic E-state index is 0.465. The molecule has 1 heteroatoms. The van der Waals surface area contributed by atoms with Crippen LogP contribution in [0.4, 0.5) is 11.4 Å². The molecule has 1 aliphatic heterocycles. The molecule has 9 aromatic carbocycles. The number of fused-ring (bicyclic) bond motifs is 4. The van der Waals surface area contributed by atoms with E-state index in [2.05, 4.69) is 271 Å². The topological polar surface area (TPSA) is 3.24 Å². The Hall–Kier alpha value is -8.00. The minimum Gasteiger partial charge on any atom is -0.310 e. The highest BCUT2D eigenvalue weighted by atomic mass is 15.2. The van der Waals surface area contributed by atoms with E-state index in [1.807, 2.05) is 6.08 Å². The SMILES string of the molecule is C=Cc1c(/C=C\C(C)C)c2ccccc2c2cc(-c3ccc(N4C5=C(C=Cc6cc(-c7ccc(C)c(-c8ccccc8-c8ccccc8C)c7)ccc64)CCC=C5)cc3)ccc12.CCC(C)c1ccccc1. The van der Waals surface area contributed by atoms with Gasteiger partial charge in [0, 0.05) is 11.4 Å². The second-order valence-corrected chi connectivity index (χ2v) is 19.9. The molecule has 0 radical (unpaired) electrons. The zero-order valence-corrected chi connectivity index (χ0v) is 42.8. The lowest BCUT2D eigenvalue weighted by Crippen LogP contribution is -2.18. The van der Waals surface area contributed by atoms with Crippen molar-refractivity contribution in [1.82, 2.24) is 0 Å². The molecule has 0 bridgehead atoms. The summed E-state index contributed by atoms with van der Waals surface area (Å²) < 4.78 is 0. The third-order valence-corrected chi connectivity index (χ3v) is 14.8. The maximum atomic E-state index is 4.26. The highest BCUT2D eigenvalue weighted by Gasteiger charge is 2.23. The highest BCUT2D eigenvalue weighted by molar-refractivity contribution is 6.15. The fraction of sp³-hybridized carbons (Fsp3) is 0.155. The second-order valence-electron chi connectivity index (χ2n) is 19.9. The number of hydrogen-bond acceptors (Lipinski definition) is 1. The molecule has 1 nitrogen and oxygen atoms in total. The summed E-state index contributed by atoms with van der Waals surface area (Å²) in [5.74, 6) is 1.17. The van der Waals surface area contributed by atoms with Crippen LogP contribution in [0.25, 0.3) is 84.3 Å². The van der Waals surface area contributed by atoms with Crippen molar-refractivity contribution < 1.29 is 0 Å². The molecule has 1 aliphatic carbocycles. The van der Waals surface area contributed by atoms with E-state index in [1.165, 1.54) is 123 Å². The number of rotatable bonds is 10. The van der Waals surface area contributed by atoms with Crippen molar-refractivity contribution in [1.29, 1.82) is 0 Å². The summed E-state index contributed by atoms with van der Waals surface area (Å²) >= 11 is 0. The maximum absolute atomic E-state index is 4.26. The third kappa shape index (κ3) is 9.60. The predicted molar refractivity (Wildman–Crippen MR) is 315 cm³/mol. The molecule has 354 valence electrons. The van der Waals surface area contributed by atoms with Crippen LogP contribution in [-0.4, -0.2) is 0 Å². The van der Waals surface area contributed by atoms with Crippen LogP contribution in [0.1, 0.15) is 86.3 Å². The molecule has 0 saturated carbocycles. The Morgan fingerprint density at radius 2 is 1.14 bits per heavy atom. The summed E-state index contributed by atoms with van der Waals surface area (Å²) in [6.07, 6.45) is 19.2. The van der Waals surface area contributed by atoms with Gasteiger partial charge in [0.25, 0.3) is 0 Å². The lowest BCUT2D eigenvalue weighted by molar-refractivity contribution is 0.733. The van der Waals surface area contributed by atoms with Gasteiger partial charge >= 0.3 is 0 Å². The lowest BCUT2D eigenvalue weighted by atomic mass is 9.88. The zero-order chi connectivity index (χ0) is 49.7. The molecule has 0 amide bonds. The summed E-state index contributed by atoms with van der Waals surface area (Å²) in [7, 11) is 0. The van der Waals surface area contributed by atoms with Crippen LogP contribution in [0, 0.1) is 19.8 Å². The Labute approximate surface area is 428 Å². The Kier molecular flexibility index (Phi) is 14.0. The van der Waals surface area contributed by atoms with Gasteiger partial charge in [-0.3, -0.25) is 0 Å². The number of benzene rings is 9. The first-order valence-corrected chi connectivity index (χ1v) is 25.9. The number of hydrogen-bond donors (Lipinski definition) is 0.